The standard InChI is InChI=1S/C25H29N3OS2/c1-15-5-21(20-3-4-30-13-20)22(12-26)24(27-15)31-14-23(29)28-16(2)25-9-17-6-18(10-25)8-19(7-17)11-25/h3-5,13,16-19H,6-11,14H2,1-2H3,(H,28,29)/t16-,17?,18?,19?,25?/m0/s1. The van der Waals surface area contributed by atoms with Gasteiger partial charge in [-0.3, -0.25) is 4.79 Å². The molecule has 162 valence electrons. The van der Waals surface area contributed by atoms with Gasteiger partial charge in [0.2, 0.25) is 5.91 Å². The summed E-state index contributed by atoms with van der Waals surface area (Å²) in [5.74, 6) is 2.99. The van der Waals surface area contributed by atoms with Crippen molar-refractivity contribution in [3.63, 3.8) is 0 Å². The zero-order valence-electron chi connectivity index (χ0n) is 18.2. The summed E-state index contributed by atoms with van der Waals surface area (Å²) >= 11 is 2.99. The van der Waals surface area contributed by atoms with Crippen LogP contribution in [0.25, 0.3) is 11.1 Å². The molecule has 6 rings (SSSR count). The predicted octanol–water partition coefficient (Wildman–Crippen LogP) is 5.80. The summed E-state index contributed by atoms with van der Waals surface area (Å²) in [6.45, 7) is 4.16. The Morgan fingerprint density at radius 2 is 2.00 bits per heavy atom. The topological polar surface area (TPSA) is 65.8 Å². The highest BCUT2D eigenvalue weighted by Gasteiger charge is 2.53. The second kappa shape index (κ2) is 8.26. The lowest BCUT2D eigenvalue weighted by Gasteiger charge is -2.59. The molecule has 6 heteroatoms. The Bertz CT molecular complexity index is 989. The Morgan fingerprint density at radius 1 is 1.32 bits per heavy atom. The molecule has 1 N–H and O–H groups in total. The fraction of sp³-hybridized carbons (Fsp3) is 0.560. The smallest absolute Gasteiger partial charge is 0.230 e. The van der Waals surface area contributed by atoms with Crippen molar-refractivity contribution in [1.29, 1.82) is 5.26 Å². The van der Waals surface area contributed by atoms with E-state index in [0.717, 1.165) is 34.6 Å². The second-order valence-corrected chi connectivity index (χ2v) is 11.7. The lowest BCUT2D eigenvalue weighted by Crippen LogP contribution is -2.56. The van der Waals surface area contributed by atoms with E-state index in [0.29, 0.717) is 21.8 Å². The third kappa shape index (κ3) is 4.03. The molecule has 0 aromatic carbocycles. The fourth-order valence-corrected chi connectivity index (χ4v) is 8.30. The molecule has 2 heterocycles. The number of carbonyl (C=O) groups is 1. The number of aromatic nitrogens is 1. The molecule has 0 unspecified atom stereocenters. The number of nitrogens with zero attached hydrogens (tertiary/aromatic N) is 2. The summed E-state index contributed by atoms with van der Waals surface area (Å²) in [5, 5.41) is 17.8. The third-order valence-corrected chi connectivity index (χ3v) is 9.44. The minimum atomic E-state index is 0.0533. The maximum atomic E-state index is 12.9. The van der Waals surface area contributed by atoms with Crippen LogP contribution in [0.15, 0.2) is 27.9 Å². The number of rotatable bonds is 6. The Labute approximate surface area is 192 Å². The van der Waals surface area contributed by atoms with Crippen LogP contribution in [-0.4, -0.2) is 22.7 Å². The van der Waals surface area contributed by atoms with Crippen LogP contribution in [0.2, 0.25) is 0 Å². The molecule has 4 aliphatic carbocycles. The predicted molar refractivity (Wildman–Crippen MR) is 126 cm³/mol. The first-order valence-electron chi connectivity index (χ1n) is 11.3. The maximum absolute atomic E-state index is 12.9. The zero-order chi connectivity index (χ0) is 21.6. The lowest BCUT2D eigenvalue weighted by atomic mass is 9.48. The van der Waals surface area contributed by atoms with E-state index >= 15 is 0 Å². The number of hydrogen-bond acceptors (Lipinski definition) is 5. The number of aryl methyl sites for hydroxylation is 1. The first kappa shape index (κ1) is 21.0. The van der Waals surface area contributed by atoms with Crippen molar-refractivity contribution in [3.05, 3.63) is 34.2 Å². The molecule has 0 saturated heterocycles. The van der Waals surface area contributed by atoms with Gasteiger partial charge in [0.05, 0.1) is 11.3 Å². The molecule has 2 aromatic heterocycles. The van der Waals surface area contributed by atoms with Crippen molar-refractivity contribution in [3.8, 4) is 17.2 Å². The molecule has 4 saturated carbocycles. The largest absolute Gasteiger partial charge is 0.352 e. The summed E-state index contributed by atoms with van der Waals surface area (Å²) in [4.78, 5) is 17.5. The number of carbonyl (C=O) groups excluding carboxylic acids is 1. The van der Waals surface area contributed by atoms with Crippen LogP contribution in [0.4, 0.5) is 0 Å². The first-order valence-corrected chi connectivity index (χ1v) is 13.2. The van der Waals surface area contributed by atoms with Crippen molar-refractivity contribution in [2.45, 2.75) is 63.4 Å². The highest BCUT2D eigenvalue weighted by molar-refractivity contribution is 8.00. The summed E-state index contributed by atoms with van der Waals surface area (Å²) in [5.41, 5.74) is 3.68. The average molecular weight is 452 g/mol. The van der Waals surface area contributed by atoms with E-state index in [9.17, 15) is 10.1 Å². The maximum Gasteiger partial charge on any atom is 0.230 e. The van der Waals surface area contributed by atoms with E-state index in [1.807, 2.05) is 29.8 Å². The van der Waals surface area contributed by atoms with Gasteiger partial charge in [0, 0.05) is 17.3 Å². The van der Waals surface area contributed by atoms with Gasteiger partial charge in [-0.1, -0.05) is 11.8 Å². The van der Waals surface area contributed by atoms with Gasteiger partial charge in [0.25, 0.3) is 0 Å². The highest BCUT2D eigenvalue weighted by atomic mass is 32.2. The molecule has 0 spiro atoms. The van der Waals surface area contributed by atoms with Crippen LogP contribution in [0.5, 0.6) is 0 Å². The van der Waals surface area contributed by atoms with Gasteiger partial charge in [-0.25, -0.2) is 4.98 Å². The number of thiophene rings is 1. The number of thioether (sulfide) groups is 1. The third-order valence-electron chi connectivity index (χ3n) is 7.78. The number of hydrogen-bond donors (Lipinski definition) is 1. The molecule has 2 aromatic rings. The van der Waals surface area contributed by atoms with Crippen LogP contribution in [0.1, 0.15) is 56.7 Å². The van der Waals surface area contributed by atoms with Crippen LogP contribution in [0, 0.1) is 41.4 Å². The molecule has 1 atom stereocenters. The normalized spacial score (nSPS) is 29.5. The Hall–Kier alpha value is -1.84. The first-order chi connectivity index (χ1) is 15.0. The zero-order valence-corrected chi connectivity index (χ0v) is 19.8. The number of nitrogens with one attached hydrogen (secondary N) is 1. The van der Waals surface area contributed by atoms with Crippen molar-refractivity contribution in [2.75, 3.05) is 5.75 Å². The van der Waals surface area contributed by atoms with E-state index in [1.54, 1.807) is 11.3 Å². The van der Waals surface area contributed by atoms with Gasteiger partial charge in [-0.05, 0) is 104 Å². The van der Waals surface area contributed by atoms with E-state index in [1.165, 1.54) is 50.3 Å². The minimum Gasteiger partial charge on any atom is -0.352 e. The van der Waals surface area contributed by atoms with E-state index in [-0.39, 0.29) is 11.9 Å². The van der Waals surface area contributed by atoms with E-state index in [2.05, 4.69) is 23.3 Å². The molecule has 4 bridgehead atoms. The van der Waals surface area contributed by atoms with Gasteiger partial charge < -0.3 is 5.32 Å². The van der Waals surface area contributed by atoms with E-state index in [4.69, 9.17) is 0 Å². The second-order valence-electron chi connectivity index (χ2n) is 9.97. The molecule has 4 fully saturated rings. The van der Waals surface area contributed by atoms with Crippen molar-refractivity contribution in [2.24, 2.45) is 23.2 Å². The van der Waals surface area contributed by atoms with Gasteiger partial charge in [0.1, 0.15) is 11.1 Å². The van der Waals surface area contributed by atoms with Gasteiger partial charge in [-0.2, -0.15) is 16.6 Å². The van der Waals surface area contributed by atoms with Gasteiger partial charge in [0.15, 0.2) is 0 Å². The quantitative estimate of drug-likeness (QED) is 0.563. The molecule has 31 heavy (non-hydrogen) atoms. The van der Waals surface area contributed by atoms with Crippen molar-refractivity contribution >= 4 is 29.0 Å². The summed E-state index contributed by atoms with van der Waals surface area (Å²) < 4.78 is 0. The summed E-state index contributed by atoms with van der Waals surface area (Å²) in [7, 11) is 0. The van der Waals surface area contributed by atoms with E-state index < -0.39 is 0 Å². The van der Waals surface area contributed by atoms with Gasteiger partial charge >= 0.3 is 0 Å². The Balaban J connectivity index is 1.27. The molecule has 0 aliphatic heterocycles. The average Bonchev–Trinajstić information content (AvgIpc) is 3.25. The summed E-state index contributed by atoms with van der Waals surface area (Å²) in [6.07, 6.45) is 8.11. The highest BCUT2D eigenvalue weighted by Crippen LogP contribution is 2.61. The molecular weight excluding hydrogens is 422 g/mol. The number of pyridine rings is 1. The molecule has 0 radical (unpaired) electrons. The van der Waals surface area contributed by atoms with Crippen LogP contribution in [-0.2, 0) is 4.79 Å². The fourth-order valence-electron chi connectivity index (χ4n) is 6.78. The molecule has 4 aliphatic rings. The summed E-state index contributed by atoms with van der Waals surface area (Å²) in [6, 6.07) is 6.52. The van der Waals surface area contributed by atoms with Crippen LogP contribution in [0.3, 0.4) is 0 Å². The number of nitriles is 1. The molecule has 1 amide bonds. The van der Waals surface area contributed by atoms with Gasteiger partial charge in [-0.15, -0.1) is 0 Å². The number of amides is 1. The minimum absolute atomic E-state index is 0.0533. The molecular formula is C25H29N3OS2. The van der Waals surface area contributed by atoms with Crippen LogP contribution < -0.4 is 5.32 Å². The van der Waals surface area contributed by atoms with Crippen molar-refractivity contribution in [1.82, 2.24) is 10.3 Å². The SMILES string of the molecule is Cc1cc(-c2ccsc2)c(C#N)c(SCC(=O)N[C@@H](C)C23CC4CC(CC(C4)C2)C3)n1. The monoisotopic (exact) mass is 451 g/mol. The van der Waals surface area contributed by atoms with Crippen molar-refractivity contribution < 1.29 is 4.79 Å². The molecule has 4 nitrogen and oxygen atoms in total. The van der Waals surface area contributed by atoms with Crippen LogP contribution >= 0.6 is 23.1 Å². The Kier molecular flexibility index (Phi) is 5.60. The Morgan fingerprint density at radius 3 is 2.58 bits per heavy atom. The lowest BCUT2D eigenvalue weighted by molar-refractivity contribution is -0.123.